The largest absolute Gasteiger partial charge is 0.573 e. The summed E-state index contributed by atoms with van der Waals surface area (Å²) < 4.78 is 50.6. The minimum atomic E-state index is -4.71. The van der Waals surface area contributed by atoms with Gasteiger partial charge in [0, 0.05) is 13.1 Å². The van der Waals surface area contributed by atoms with Crippen LogP contribution < -0.4 is 24.8 Å². The van der Waals surface area contributed by atoms with Crippen molar-refractivity contribution in [2.45, 2.75) is 19.3 Å². The molecule has 2 aromatic rings. The first-order valence-corrected chi connectivity index (χ1v) is 8.14. The van der Waals surface area contributed by atoms with Crippen LogP contribution in [0.4, 0.5) is 18.0 Å². The molecule has 0 unspecified atom stereocenters. The van der Waals surface area contributed by atoms with Crippen LogP contribution in [0.1, 0.15) is 11.1 Å². The summed E-state index contributed by atoms with van der Waals surface area (Å²) in [6.07, 6.45) is -4.23. The van der Waals surface area contributed by atoms with Crippen molar-refractivity contribution in [3.63, 3.8) is 0 Å². The summed E-state index contributed by atoms with van der Waals surface area (Å²) in [5, 5.41) is 5.41. The summed E-state index contributed by atoms with van der Waals surface area (Å²) in [6.45, 7) is 0.856. The number of carbonyl (C=O) groups is 1. The molecule has 0 saturated heterocycles. The Hall–Kier alpha value is -3.10. The van der Waals surface area contributed by atoms with Crippen LogP contribution in [0.5, 0.6) is 17.2 Å². The number of benzene rings is 2. The van der Waals surface area contributed by atoms with E-state index in [4.69, 9.17) is 9.47 Å². The van der Waals surface area contributed by atoms with Gasteiger partial charge in [0.05, 0.1) is 0 Å². The Morgan fingerprint density at radius 3 is 2.44 bits per heavy atom. The van der Waals surface area contributed by atoms with Gasteiger partial charge in [-0.25, -0.2) is 4.79 Å². The molecule has 27 heavy (non-hydrogen) atoms. The van der Waals surface area contributed by atoms with Crippen molar-refractivity contribution in [3.05, 3.63) is 53.6 Å². The Labute approximate surface area is 153 Å². The predicted molar refractivity (Wildman–Crippen MR) is 89.6 cm³/mol. The lowest BCUT2D eigenvalue weighted by molar-refractivity contribution is -0.274. The number of urea groups is 1. The molecule has 2 amide bonds. The van der Waals surface area contributed by atoms with Gasteiger partial charge in [0.2, 0.25) is 6.79 Å². The molecule has 0 radical (unpaired) electrons. The van der Waals surface area contributed by atoms with E-state index in [9.17, 15) is 18.0 Å². The third-order valence-corrected chi connectivity index (χ3v) is 3.75. The molecule has 0 aromatic heterocycles. The van der Waals surface area contributed by atoms with Crippen molar-refractivity contribution in [1.82, 2.24) is 10.6 Å². The van der Waals surface area contributed by atoms with E-state index in [-0.39, 0.29) is 18.6 Å². The zero-order valence-electron chi connectivity index (χ0n) is 14.1. The topological polar surface area (TPSA) is 68.8 Å². The molecule has 0 atom stereocenters. The highest BCUT2D eigenvalue weighted by Crippen LogP contribution is 2.32. The molecular formula is C18H17F3N2O4. The van der Waals surface area contributed by atoms with Crippen LogP contribution in [0.2, 0.25) is 0 Å². The molecule has 1 aliphatic rings. The third-order valence-electron chi connectivity index (χ3n) is 3.75. The standard InChI is InChI=1S/C18H17F3N2O4/c19-18(20,21)27-14-4-1-12(2-5-14)7-8-22-17(24)23-10-13-3-6-15-16(9-13)26-11-25-15/h1-6,9H,7-8,10-11H2,(H2,22,23,24). The molecule has 0 spiro atoms. The van der Waals surface area contributed by atoms with E-state index < -0.39 is 6.36 Å². The molecule has 9 heteroatoms. The average Bonchev–Trinajstić information content (AvgIpc) is 3.08. The molecule has 3 rings (SSSR count). The van der Waals surface area contributed by atoms with Gasteiger partial charge >= 0.3 is 12.4 Å². The highest BCUT2D eigenvalue weighted by molar-refractivity contribution is 5.73. The summed E-state index contributed by atoms with van der Waals surface area (Å²) in [7, 11) is 0. The number of rotatable bonds is 6. The fraction of sp³-hybridized carbons (Fsp3) is 0.278. The maximum atomic E-state index is 12.1. The third kappa shape index (κ3) is 5.70. The van der Waals surface area contributed by atoms with Crippen molar-refractivity contribution in [1.29, 1.82) is 0 Å². The minimum Gasteiger partial charge on any atom is -0.454 e. The van der Waals surface area contributed by atoms with Gasteiger partial charge in [-0.15, -0.1) is 13.2 Å². The smallest absolute Gasteiger partial charge is 0.454 e. The van der Waals surface area contributed by atoms with Crippen molar-refractivity contribution in [2.24, 2.45) is 0 Å². The first-order chi connectivity index (χ1) is 12.9. The number of fused-ring (bicyclic) bond motifs is 1. The Balaban J connectivity index is 1.38. The summed E-state index contributed by atoms with van der Waals surface area (Å²) in [6, 6.07) is 10.6. The zero-order chi connectivity index (χ0) is 19.3. The van der Waals surface area contributed by atoms with E-state index >= 15 is 0 Å². The molecule has 6 nitrogen and oxygen atoms in total. The Kier molecular flexibility index (Phi) is 5.58. The number of halogens is 3. The number of hydrogen-bond acceptors (Lipinski definition) is 4. The van der Waals surface area contributed by atoms with E-state index in [1.807, 2.05) is 6.07 Å². The van der Waals surface area contributed by atoms with Gasteiger partial charge < -0.3 is 24.8 Å². The molecule has 144 valence electrons. The molecule has 0 saturated carbocycles. The Morgan fingerprint density at radius 1 is 1.00 bits per heavy atom. The van der Waals surface area contributed by atoms with E-state index in [0.29, 0.717) is 31.0 Å². The van der Waals surface area contributed by atoms with Crippen molar-refractivity contribution < 1.29 is 32.2 Å². The Morgan fingerprint density at radius 2 is 1.70 bits per heavy atom. The maximum Gasteiger partial charge on any atom is 0.573 e. The predicted octanol–water partition coefficient (Wildman–Crippen LogP) is 3.36. The van der Waals surface area contributed by atoms with Gasteiger partial charge in [0.25, 0.3) is 0 Å². The molecule has 0 fully saturated rings. The van der Waals surface area contributed by atoms with Crippen LogP contribution >= 0.6 is 0 Å². The molecular weight excluding hydrogens is 365 g/mol. The number of amides is 2. The van der Waals surface area contributed by atoms with Gasteiger partial charge in [0.1, 0.15) is 5.75 Å². The first-order valence-electron chi connectivity index (χ1n) is 8.14. The van der Waals surface area contributed by atoms with Crippen LogP contribution in [0.3, 0.4) is 0 Å². The van der Waals surface area contributed by atoms with Crippen LogP contribution in [0.25, 0.3) is 0 Å². The number of carbonyl (C=O) groups excluding carboxylic acids is 1. The van der Waals surface area contributed by atoms with Crippen LogP contribution in [-0.4, -0.2) is 25.7 Å². The van der Waals surface area contributed by atoms with E-state index in [2.05, 4.69) is 15.4 Å². The van der Waals surface area contributed by atoms with Crippen molar-refractivity contribution >= 4 is 6.03 Å². The molecule has 2 aromatic carbocycles. The van der Waals surface area contributed by atoms with Gasteiger partial charge in [-0.3, -0.25) is 0 Å². The van der Waals surface area contributed by atoms with Gasteiger partial charge in [0.15, 0.2) is 11.5 Å². The molecule has 0 bridgehead atoms. The van der Waals surface area contributed by atoms with Crippen LogP contribution in [-0.2, 0) is 13.0 Å². The second kappa shape index (κ2) is 8.07. The van der Waals surface area contributed by atoms with Crippen molar-refractivity contribution in [2.75, 3.05) is 13.3 Å². The van der Waals surface area contributed by atoms with Gasteiger partial charge in [-0.2, -0.15) is 0 Å². The highest BCUT2D eigenvalue weighted by atomic mass is 19.4. The normalized spacial score (nSPS) is 12.6. The van der Waals surface area contributed by atoms with E-state index in [1.165, 1.54) is 24.3 Å². The second-order valence-corrected chi connectivity index (χ2v) is 5.74. The van der Waals surface area contributed by atoms with Gasteiger partial charge in [-0.1, -0.05) is 18.2 Å². The molecule has 1 aliphatic heterocycles. The lowest BCUT2D eigenvalue weighted by Gasteiger charge is -2.10. The summed E-state index contributed by atoms with van der Waals surface area (Å²) >= 11 is 0. The minimum absolute atomic E-state index is 0.190. The van der Waals surface area contributed by atoms with E-state index in [1.54, 1.807) is 12.1 Å². The number of ether oxygens (including phenoxy) is 3. The average molecular weight is 382 g/mol. The quantitative estimate of drug-likeness (QED) is 0.804. The monoisotopic (exact) mass is 382 g/mol. The lowest BCUT2D eigenvalue weighted by atomic mass is 10.1. The Bertz CT molecular complexity index is 794. The zero-order valence-corrected chi connectivity index (χ0v) is 14.1. The number of alkyl halides is 3. The summed E-state index contributed by atoms with van der Waals surface area (Å²) in [5.41, 5.74) is 1.65. The fourth-order valence-electron chi connectivity index (χ4n) is 2.47. The number of nitrogens with one attached hydrogen (secondary N) is 2. The highest BCUT2D eigenvalue weighted by Gasteiger charge is 2.30. The van der Waals surface area contributed by atoms with Crippen LogP contribution in [0.15, 0.2) is 42.5 Å². The molecule has 0 aliphatic carbocycles. The molecule has 2 N–H and O–H groups in total. The van der Waals surface area contributed by atoms with Crippen molar-refractivity contribution in [3.8, 4) is 17.2 Å². The first kappa shape index (κ1) is 18.7. The van der Waals surface area contributed by atoms with E-state index in [0.717, 1.165) is 11.1 Å². The maximum absolute atomic E-state index is 12.1. The molecule has 1 heterocycles. The SMILES string of the molecule is O=C(NCCc1ccc(OC(F)(F)F)cc1)NCc1ccc2c(c1)OCO2. The fourth-order valence-corrected chi connectivity index (χ4v) is 2.47. The van der Waals surface area contributed by atoms with Crippen LogP contribution in [0, 0.1) is 0 Å². The second-order valence-electron chi connectivity index (χ2n) is 5.74. The lowest BCUT2D eigenvalue weighted by Crippen LogP contribution is -2.36. The van der Waals surface area contributed by atoms with Gasteiger partial charge in [-0.05, 0) is 41.8 Å². The summed E-state index contributed by atoms with van der Waals surface area (Å²) in [5.74, 6) is 1.04. The summed E-state index contributed by atoms with van der Waals surface area (Å²) in [4.78, 5) is 11.8. The number of hydrogen-bond donors (Lipinski definition) is 2.